The van der Waals surface area contributed by atoms with E-state index in [9.17, 15) is 0 Å². The number of likely N-dealkylation sites (N-methyl/N-ethyl adjacent to an activating group) is 1. The van der Waals surface area contributed by atoms with E-state index >= 15 is 0 Å². The SMILES string of the molecule is C[N+](C)(C)CCNC(N)=S. The van der Waals surface area contributed by atoms with Gasteiger partial charge in [0.15, 0.2) is 5.11 Å². The number of nitrogens with two attached hydrogens (primary N) is 1. The molecule has 0 aliphatic heterocycles. The molecule has 0 aliphatic carbocycles. The van der Waals surface area contributed by atoms with Gasteiger partial charge in [-0.25, -0.2) is 0 Å². The molecule has 0 atom stereocenters. The number of rotatable bonds is 3. The second-order valence-corrected chi connectivity index (χ2v) is 3.74. The van der Waals surface area contributed by atoms with Gasteiger partial charge < -0.3 is 15.5 Å². The second kappa shape index (κ2) is 3.73. The smallest absolute Gasteiger partial charge is 0.163 e. The maximum atomic E-state index is 5.24. The van der Waals surface area contributed by atoms with Crippen molar-refractivity contribution in [2.45, 2.75) is 0 Å². The Morgan fingerprint density at radius 3 is 2.30 bits per heavy atom. The van der Waals surface area contributed by atoms with Gasteiger partial charge in [0.1, 0.15) is 0 Å². The third-order valence-corrected chi connectivity index (χ3v) is 1.23. The summed E-state index contributed by atoms with van der Waals surface area (Å²) in [4.78, 5) is 0. The van der Waals surface area contributed by atoms with Gasteiger partial charge in [-0.2, -0.15) is 0 Å². The number of hydrogen-bond donors (Lipinski definition) is 2. The summed E-state index contributed by atoms with van der Waals surface area (Å²) in [6, 6.07) is 0. The van der Waals surface area contributed by atoms with Crippen LogP contribution < -0.4 is 11.1 Å². The Hall–Kier alpha value is -0.350. The maximum Gasteiger partial charge on any atom is 0.163 e. The third kappa shape index (κ3) is 7.65. The average molecular weight is 162 g/mol. The van der Waals surface area contributed by atoms with Crippen molar-refractivity contribution in [2.24, 2.45) is 5.73 Å². The maximum absolute atomic E-state index is 5.24. The fourth-order valence-electron chi connectivity index (χ4n) is 0.515. The standard InChI is InChI=1S/C6H15N3S/c1-9(2,3)5-4-8-6(7)10/h4-5H2,1-3H3,(H2-,7,8,10)/p+1. The Labute approximate surface area is 67.8 Å². The van der Waals surface area contributed by atoms with E-state index in [0.29, 0.717) is 5.11 Å². The van der Waals surface area contributed by atoms with Crippen LogP contribution in [-0.4, -0.2) is 43.8 Å². The molecule has 0 fully saturated rings. The zero-order valence-corrected chi connectivity index (χ0v) is 7.66. The lowest BCUT2D eigenvalue weighted by molar-refractivity contribution is -0.869. The summed E-state index contributed by atoms with van der Waals surface area (Å²) in [6.07, 6.45) is 0. The average Bonchev–Trinajstić information content (AvgIpc) is 1.59. The van der Waals surface area contributed by atoms with Gasteiger partial charge in [-0.3, -0.25) is 0 Å². The van der Waals surface area contributed by atoms with Crippen LogP contribution in [0.4, 0.5) is 0 Å². The van der Waals surface area contributed by atoms with E-state index in [2.05, 4.69) is 38.7 Å². The molecule has 4 heteroatoms. The van der Waals surface area contributed by atoms with Crippen molar-refractivity contribution in [1.82, 2.24) is 5.32 Å². The highest BCUT2D eigenvalue weighted by atomic mass is 32.1. The highest BCUT2D eigenvalue weighted by Gasteiger charge is 2.04. The lowest BCUT2D eigenvalue weighted by Gasteiger charge is -2.23. The first-order chi connectivity index (χ1) is 4.42. The molecule has 0 saturated carbocycles. The van der Waals surface area contributed by atoms with E-state index in [1.807, 2.05) is 0 Å². The first kappa shape index (κ1) is 9.65. The van der Waals surface area contributed by atoms with Crippen molar-refractivity contribution in [2.75, 3.05) is 34.2 Å². The van der Waals surface area contributed by atoms with Crippen molar-refractivity contribution < 1.29 is 4.48 Å². The normalized spacial score (nSPS) is 11.1. The minimum Gasteiger partial charge on any atom is -0.376 e. The van der Waals surface area contributed by atoms with Crippen LogP contribution in [0, 0.1) is 0 Å². The third-order valence-electron chi connectivity index (χ3n) is 1.08. The number of hydrogen-bond acceptors (Lipinski definition) is 1. The second-order valence-electron chi connectivity index (χ2n) is 3.30. The van der Waals surface area contributed by atoms with Gasteiger partial charge in [0.25, 0.3) is 0 Å². The van der Waals surface area contributed by atoms with Gasteiger partial charge in [0.2, 0.25) is 0 Å². The molecule has 3 N–H and O–H groups in total. The Bertz CT molecular complexity index is 117. The largest absolute Gasteiger partial charge is 0.376 e. The predicted molar refractivity (Wildman–Crippen MR) is 47.7 cm³/mol. The quantitative estimate of drug-likeness (QED) is 0.435. The summed E-state index contributed by atoms with van der Waals surface area (Å²) in [5, 5.41) is 3.28. The molecule has 0 aliphatic rings. The van der Waals surface area contributed by atoms with Crippen molar-refractivity contribution in [3.8, 4) is 0 Å². The summed E-state index contributed by atoms with van der Waals surface area (Å²) in [7, 11) is 6.38. The fraction of sp³-hybridized carbons (Fsp3) is 0.833. The molecule has 0 saturated heterocycles. The van der Waals surface area contributed by atoms with Crippen LogP contribution >= 0.6 is 12.2 Å². The van der Waals surface area contributed by atoms with Gasteiger partial charge in [-0.15, -0.1) is 0 Å². The van der Waals surface area contributed by atoms with Crippen molar-refractivity contribution in [1.29, 1.82) is 0 Å². The van der Waals surface area contributed by atoms with E-state index in [4.69, 9.17) is 5.73 Å². The summed E-state index contributed by atoms with van der Waals surface area (Å²) in [5.74, 6) is 0. The molecule has 0 aromatic rings. The molecule has 0 aromatic heterocycles. The van der Waals surface area contributed by atoms with Gasteiger partial charge in [0.05, 0.1) is 34.2 Å². The molecular formula is C6H16N3S+. The number of nitrogens with zero attached hydrogens (tertiary/aromatic N) is 1. The molecular weight excluding hydrogens is 146 g/mol. The van der Waals surface area contributed by atoms with E-state index in [1.54, 1.807) is 0 Å². The van der Waals surface area contributed by atoms with Crippen LogP contribution in [0.1, 0.15) is 0 Å². The number of nitrogens with one attached hydrogen (secondary N) is 1. The number of quaternary nitrogens is 1. The Morgan fingerprint density at radius 2 is 2.00 bits per heavy atom. The van der Waals surface area contributed by atoms with Gasteiger partial charge >= 0.3 is 0 Å². The molecule has 0 amide bonds. The Morgan fingerprint density at radius 1 is 1.50 bits per heavy atom. The Kier molecular flexibility index (Phi) is 3.60. The van der Waals surface area contributed by atoms with E-state index in [1.165, 1.54) is 0 Å². The minimum atomic E-state index is 0.383. The van der Waals surface area contributed by atoms with Crippen molar-refractivity contribution >= 4 is 17.3 Å². The summed E-state index contributed by atoms with van der Waals surface area (Å²) >= 11 is 4.64. The minimum absolute atomic E-state index is 0.383. The van der Waals surface area contributed by atoms with Crippen LogP contribution in [0.25, 0.3) is 0 Å². The van der Waals surface area contributed by atoms with Crippen LogP contribution in [-0.2, 0) is 0 Å². The summed E-state index contributed by atoms with van der Waals surface area (Å²) in [6.45, 7) is 1.87. The molecule has 10 heavy (non-hydrogen) atoms. The molecule has 0 radical (unpaired) electrons. The number of thiocarbonyl (C=S) groups is 1. The van der Waals surface area contributed by atoms with Crippen molar-refractivity contribution in [3.05, 3.63) is 0 Å². The Balaban J connectivity index is 3.29. The topological polar surface area (TPSA) is 38.0 Å². The first-order valence-electron chi connectivity index (χ1n) is 3.25. The van der Waals surface area contributed by atoms with Crippen LogP contribution in [0.15, 0.2) is 0 Å². The zero-order valence-electron chi connectivity index (χ0n) is 6.85. The van der Waals surface area contributed by atoms with Crippen LogP contribution in [0.2, 0.25) is 0 Å². The zero-order chi connectivity index (χ0) is 8.20. The lowest BCUT2D eigenvalue weighted by atomic mass is 10.5. The molecule has 60 valence electrons. The van der Waals surface area contributed by atoms with Gasteiger partial charge in [-0.1, -0.05) is 0 Å². The summed E-state index contributed by atoms with van der Waals surface area (Å²) < 4.78 is 0.926. The lowest BCUT2D eigenvalue weighted by Crippen LogP contribution is -2.43. The highest BCUT2D eigenvalue weighted by Crippen LogP contribution is 1.85. The fourth-order valence-corrected chi connectivity index (χ4v) is 0.617. The predicted octanol–water partition coefficient (Wildman–Crippen LogP) is -0.474. The highest BCUT2D eigenvalue weighted by molar-refractivity contribution is 7.80. The van der Waals surface area contributed by atoms with Gasteiger partial charge in [-0.05, 0) is 12.2 Å². The van der Waals surface area contributed by atoms with E-state index in [-0.39, 0.29) is 0 Å². The molecule has 0 aromatic carbocycles. The molecule has 3 nitrogen and oxygen atoms in total. The van der Waals surface area contributed by atoms with Crippen LogP contribution in [0.5, 0.6) is 0 Å². The summed E-state index contributed by atoms with van der Waals surface area (Å²) in [5.41, 5.74) is 5.24. The van der Waals surface area contributed by atoms with E-state index in [0.717, 1.165) is 17.6 Å². The van der Waals surface area contributed by atoms with Crippen molar-refractivity contribution in [3.63, 3.8) is 0 Å². The van der Waals surface area contributed by atoms with E-state index < -0.39 is 0 Å². The first-order valence-corrected chi connectivity index (χ1v) is 3.66. The molecule has 0 heterocycles. The van der Waals surface area contributed by atoms with Crippen LogP contribution in [0.3, 0.4) is 0 Å². The molecule has 0 unspecified atom stereocenters. The molecule has 0 rings (SSSR count). The van der Waals surface area contributed by atoms with Gasteiger partial charge in [0, 0.05) is 0 Å². The molecule has 0 bridgehead atoms. The molecule has 0 spiro atoms. The monoisotopic (exact) mass is 162 g/mol.